The zero-order valence-corrected chi connectivity index (χ0v) is 56.9. The number of aromatic amines is 2. The minimum Gasteiger partial charge on any atom is -0.508 e. The molecule has 2 fully saturated rings. The summed E-state index contributed by atoms with van der Waals surface area (Å²) in [7, 11) is 0. The Hall–Kier alpha value is -12.9. The molecule has 40 nitrogen and oxygen atoms in total. The molecule has 572 valence electrons. The predicted molar refractivity (Wildman–Crippen MR) is 364 cm³/mol. The first-order valence-electron chi connectivity index (χ1n) is 33.0. The molecule has 2 aliphatic rings. The van der Waals surface area contributed by atoms with Crippen molar-refractivity contribution < 1.29 is 127 Å². The van der Waals surface area contributed by atoms with Gasteiger partial charge in [-0.25, -0.2) is 4.79 Å². The fourth-order valence-electron chi connectivity index (χ4n) is 11.1. The maximum atomic E-state index is 15.3. The topological polar surface area (TPSA) is 643 Å². The predicted octanol–water partition coefficient (Wildman–Crippen LogP) is -5.58. The number of aliphatic hydroxyl groups excluding tert-OH is 2. The molecule has 4 heterocycles. The molecule has 2 saturated heterocycles. The number of carbonyl (C=O) groups is 17. The zero-order chi connectivity index (χ0) is 78.5. The van der Waals surface area contributed by atoms with Crippen LogP contribution in [-0.4, -0.2) is 238 Å². The summed E-state index contributed by atoms with van der Waals surface area (Å²) in [6.07, 6.45) is -8.92. The first-order chi connectivity index (χ1) is 50.7. The number of rotatable bonds is 23. The number of phenols is 1. The highest BCUT2D eigenvalue weighted by Gasteiger charge is 2.46. The van der Waals surface area contributed by atoms with Gasteiger partial charge >= 0.3 is 29.8 Å². The van der Waals surface area contributed by atoms with Gasteiger partial charge in [0.25, 0.3) is 5.91 Å². The molecule has 0 bridgehead atoms. The van der Waals surface area contributed by atoms with Crippen LogP contribution in [0, 0.1) is 0 Å². The number of carboxylic acids is 4. The van der Waals surface area contributed by atoms with Crippen LogP contribution >= 0.6 is 0 Å². The number of nitrogens with two attached hydrogens (primary N) is 1. The largest absolute Gasteiger partial charge is 0.508 e. The number of esters is 1. The molecule has 0 radical (unpaired) electrons. The van der Waals surface area contributed by atoms with Gasteiger partial charge in [-0.15, -0.1) is 0 Å². The molecule has 0 spiro atoms. The summed E-state index contributed by atoms with van der Waals surface area (Å²) in [6.45, 7) is 0.309. The van der Waals surface area contributed by atoms with Crippen LogP contribution in [0.1, 0.15) is 75.5 Å². The van der Waals surface area contributed by atoms with E-state index in [0.717, 1.165) is 25.1 Å². The lowest BCUT2D eigenvalue weighted by molar-refractivity contribution is -0.150. The first-order valence-corrected chi connectivity index (χ1v) is 33.0. The maximum Gasteiger partial charge on any atom is 0.355 e. The second kappa shape index (κ2) is 37.5. The van der Waals surface area contributed by atoms with Crippen molar-refractivity contribution >= 4 is 129 Å². The van der Waals surface area contributed by atoms with Crippen molar-refractivity contribution in [3.63, 3.8) is 0 Å². The van der Waals surface area contributed by atoms with E-state index >= 15 is 9.59 Å². The molecule has 7 unspecified atom stereocenters. The van der Waals surface area contributed by atoms with E-state index in [-0.39, 0.29) is 22.4 Å². The molecule has 7 rings (SSSR count). The molecule has 107 heavy (non-hydrogen) atoms. The van der Waals surface area contributed by atoms with Crippen LogP contribution in [0.15, 0.2) is 90.9 Å². The summed E-state index contributed by atoms with van der Waals surface area (Å²) in [5.41, 5.74) is 5.73. The molecule has 12 amide bonds. The number of aromatic nitrogens is 2. The third kappa shape index (κ3) is 23.3. The fourth-order valence-corrected chi connectivity index (χ4v) is 11.1. The number of hydrogen-bond acceptors (Lipinski definition) is 22. The third-order valence-electron chi connectivity index (χ3n) is 16.7. The number of epoxide rings is 1. The van der Waals surface area contributed by atoms with Crippen LogP contribution in [0.25, 0.3) is 27.9 Å². The number of aromatic hydroxyl groups is 1. The Bertz CT molecular complexity index is 4270. The average molecular weight is 1500 g/mol. The first kappa shape index (κ1) is 81.4. The minimum absolute atomic E-state index is 0.0944. The Morgan fingerprint density at radius 1 is 0.607 bits per heavy atom. The lowest BCUT2D eigenvalue weighted by Crippen LogP contribution is -2.62. The Morgan fingerprint density at radius 3 is 1.70 bits per heavy atom. The smallest absolute Gasteiger partial charge is 0.355 e. The number of nitrogens with one attached hydrogen (secondary N) is 13. The number of fused-ring (bicyclic) bond motifs is 2. The van der Waals surface area contributed by atoms with Gasteiger partial charge in [0.05, 0.1) is 38.5 Å². The molecule has 2 aliphatic heterocycles. The zero-order valence-electron chi connectivity index (χ0n) is 56.9. The second-order valence-electron chi connectivity index (χ2n) is 24.7. The van der Waals surface area contributed by atoms with Gasteiger partial charge < -0.3 is 119 Å². The summed E-state index contributed by atoms with van der Waals surface area (Å²) >= 11 is 0. The Balaban J connectivity index is 1.37. The van der Waals surface area contributed by atoms with Gasteiger partial charge in [0.15, 0.2) is 12.2 Å². The van der Waals surface area contributed by atoms with Gasteiger partial charge in [0.1, 0.15) is 71.9 Å². The second-order valence-corrected chi connectivity index (χ2v) is 24.7. The highest BCUT2D eigenvalue weighted by molar-refractivity contribution is 6.05. The van der Waals surface area contributed by atoms with Gasteiger partial charge in [-0.1, -0.05) is 61.9 Å². The molecule has 13 atom stereocenters. The van der Waals surface area contributed by atoms with Crippen LogP contribution in [0.5, 0.6) is 5.75 Å². The van der Waals surface area contributed by atoms with Crippen molar-refractivity contribution in [3.05, 3.63) is 108 Å². The summed E-state index contributed by atoms with van der Waals surface area (Å²) < 4.78 is 11.2. The van der Waals surface area contributed by atoms with Crippen molar-refractivity contribution in [2.24, 2.45) is 5.73 Å². The van der Waals surface area contributed by atoms with Crippen molar-refractivity contribution in [1.82, 2.24) is 68.5 Å². The highest BCUT2D eigenvalue weighted by atomic mass is 16.6. The normalized spacial score (nSPS) is 23.8. The van der Waals surface area contributed by atoms with E-state index in [1.807, 2.05) is 16.0 Å². The van der Waals surface area contributed by atoms with E-state index in [9.17, 15) is 108 Å². The van der Waals surface area contributed by atoms with Crippen LogP contribution in [0.3, 0.4) is 0 Å². The Labute approximate surface area is 604 Å². The van der Waals surface area contributed by atoms with Gasteiger partial charge in [-0.05, 0) is 61.2 Å². The maximum absolute atomic E-state index is 15.3. The summed E-state index contributed by atoms with van der Waals surface area (Å²) in [6, 6.07) is -2.49. The molecular weight excluding hydrogens is 1420 g/mol. The van der Waals surface area contributed by atoms with Gasteiger partial charge in [-0.3, -0.25) is 76.7 Å². The van der Waals surface area contributed by atoms with E-state index in [2.05, 4.69) is 52.5 Å². The van der Waals surface area contributed by atoms with E-state index in [4.69, 9.17) is 15.2 Å². The van der Waals surface area contributed by atoms with Crippen molar-refractivity contribution in [2.75, 3.05) is 13.2 Å². The lowest BCUT2D eigenvalue weighted by atomic mass is 10.0. The van der Waals surface area contributed by atoms with Crippen molar-refractivity contribution in [3.8, 4) is 5.75 Å². The number of H-pyrrole nitrogens is 2. The number of carbonyl (C=O) groups excluding carboxylic acids is 13. The Morgan fingerprint density at radius 2 is 1.13 bits per heavy atom. The number of aliphatic carboxylic acids is 4. The van der Waals surface area contributed by atoms with E-state index < -0.39 is 243 Å². The number of primary amides is 1. The number of carboxylic acid groups (broad SMARTS) is 4. The number of para-hydroxylation sites is 2. The number of amides is 12. The number of aliphatic hydroxyl groups is 2. The molecule has 40 heteroatoms. The van der Waals surface area contributed by atoms with Crippen LogP contribution in [0.4, 0.5) is 0 Å². The summed E-state index contributed by atoms with van der Waals surface area (Å²) in [5.74, 6) is -26.6. The number of ether oxygens (including phenoxy) is 2. The number of cyclic esters (lactones) is 1. The Kier molecular flexibility index (Phi) is 28.6. The van der Waals surface area contributed by atoms with E-state index in [0.29, 0.717) is 34.6 Å². The van der Waals surface area contributed by atoms with Crippen LogP contribution in [0.2, 0.25) is 0 Å². The molecule has 0 aliphatic carbocycles. The number of hydrogen-bond donors (Lipinski definition) is 21. The van der Waals surface area contributed by atoms with E-state index in [1.54, 1.807) is 55.5 Å². The SMILES string of the molecule is CCCC1OC1C(=O)N[C@@H](CO)C(=O)NC1C(=O)NC(Cc2c[nH]c3ccccc23)C(=O)N[C@@H](CC(=O)O)C(=O)NC(CC(=O)O)C(=O)N[C@H](Cc2ccc(O)cc2)C(=O)N[C@@H](CC(=O)O)C(=O)NCC(=O)N[C@H]([C@H](O)C(N)=O)C(=O)NC(CCC(=O)O)C(=O)N/C(=C/c2c[nH]c3ccccc23)C(=O)OC1C. The number of benzene rings is 3. The molecule has 5 aromatic rings. The van der Waals surface area contributed by atoms with Crippen LogP contribution < -0.4 is 64.2 Å². The molecular formula is C67H78N14O26. The molecule has 0 saturated carbocycles. The molecule has 3 aromatic carbocycles. The molecule has 2 aromatic heterocycles. The quantitative estimate of drug-likeness (QED) is 0.0165. The fraction of sp³-hybridized carbons (Fsp3) is 0.388. The summed E-state index contributed by atoms with van der Waals surface area (Å²) in [5, 5.41) is 95.8. The average Bonchev–Trinajstić information content (AvgIpc) is 1.71. The summed E-state index contributed by atoms with van der Waals surface area (Å²) in [4.78, 5) is 241. The highest BCUT2D eigenvalue weighted by Crippen LogP contribution is 2.27. The van der Waals surface area contributed by atoms with Crippen molar-refractivity contribution in [2.45, 2.75) is 150 Å². The third-order valence-corrected chi connectivity index (χ3v) is 16.7. The minimum atomic E-state index is -2.72. The van der Waals surface area contributed by atoms with Gasteiger partial charge in [0.2, 0.25) is 65.0 Å². The molecule has 22 N–H and O–H groups in total. The standard InChI is InChI=1S/C67H78N14O26/c1-3-8-46-55(107-46)66(104)79-45(28-82)63(101)81-52-29(2)106-67(105)44(21-32-26-70-37-12-7-5-10-35(32)37)78-58(96)38(17-18-48(85)86)72-65(103)53(54(93)56(68)94)80-47(84)27-71-57(95)41(22-49(87)88)74-59(97)39(19-30-13-15-33(83)16-14-30)73-61(99)42(23-50(89)90)76-62(100)43(24-51(91)92)75-60(98)40(77-64(52)102)20-31-25-69-36-11-6-4-9-34(31)36/h4-7,9-16,21,25-26,29,38-43,45-46,52-55,69-70,82-83,93H,3,8,17-20,22-24,27-28H2,1-2H3,(H2,68,94)(H,71,95)(H,72,103)(H,73,99)(H,74,97)(H,75,98)(H,76,100)(H,77,102)(H,78,96)(H,79,104)(H,80,84)(H,81,101)(H,85,86)(H,87,88)(H,89,90)(H,91,92)/b44-21+/t29?,38?,39-,40?,41+,42?,43+,45+,46?,52?,53-,54+,55?/m1/s1. The van der Waals surface area contributed by atoms with E-state index in [1.165, 1.54) is 24.5 Å². The van der Waals surface area contributed by atoms with Gasteiger partial charge in [-0.2, -0.15) is 0 Å². The van der Waals surface area contributed by atoms with Gasteiger partial charge in [0, 0.05) is 59.0 Å². The van der Waals surface area contributed by atoms with Crippen molar-refractivity contribution in [1.29, 1.82) is 0 Å². The number of phenolic OH excluding ortho intramolecular Hbond substituents is 1. The van der Waals surface area contributed by atoms with Crippen LogP contribution in [-0.2, 0) is 104 Å². The monoisotopic (exact) mass is 1490 g/mol. The lowest BCUT2D eigenvalue weighted by Gasteiger charge is -2.29.